The fourth-order valence-electron chi connectivity index (χ4n) is 2.18. The van der Waals surface area contributed by atoms with Crippen molar-refractivity contribution in [1.29, 1.82) is 0 Å². The van der Waals surface area contributed by atoms with Gasteiger partial charge in [0.2, 0.25) is 5.56 Å². The van der Waals surface area contributed by atoms with Crippen molar-refractivity contribution in [3.8, 4) is 5.69 Å². The summed E-state index contributed by atoms with van der Waals surface area (Å²) in [4.78, 5) is 30.0. The third-order valence-electron chi connectivity index (χ3n) is 3.12. The number of fused-ring (bicyclic) bond motifs is 1. The van der Waals surface area contributed by atoms with Crippen molar-refractivity contribution >= 4 is 28.3 Å². The van der Waals surface area contributed by atoms with Crippen LogP contribution in [0.1, 0.15) is 0 Å². The van der Waals surface area contributed by atoms with Crippen molar-refractivity contribution in [2.24, 2.45) is 0 Å². The molecule has 1 aromatic carbocycles. The average Bonchev–Trinajstić information content (AvgIpc) is 2.47. The van der Waals surface area contributed by atoms with Crippen molar-refractivity contribution in [1.82, 2.24) is 14.5 Å². The molecular weight excluding hydrogens is 292 g/mol. The van der Waals surface area contributed by atoms with Gasteiger partial charge in [0.15, 0.2) is 0 Å². The molecule has 6 nitrogen and oxygen atoms in total. The maximum Gasteiger partial charge on any atom is 0.354 e. The van der Waals surface area contributed by atoms with Gasteiger partial charge < -0.3 is 10.3 Å². The number of pyridine rings is 1. The normalized spacial score (nSPS) is 10.8. The summed E-state index contributed by atoms with van der Waals surface area (Å²) in [6.45, 7) is 0. The molecule has 21 heavy (non-hydrogen) atoms. The number of hydrogen-bond acceptors (Lipinski definition) is 4. The molecule has 2 aromatic heterocycles. The highest BCUT2D eigenvalue weighted by atomic mass is 35.5. The summed E-state index contributed by atoms with van der Waals surface area (Å²) in [6.07, 6.45) is 1.46. The lowest BCUT2D eigenvalue weighted by atomic mass is 10.2. The monoisotopic (exact) mass is 302 g/mol. The number of nitrogens with one attached hydrogen (secondary N) is 2. The number of hydrogen-bond donors (Lipinski definition) is 2. The number of aromatic nitrogens is 3. The van der Waals surface area contributed by atoms with Gasteiger partial charge in [-0.15, -0.1) is 0 Å². The third kappa shape index (κ3) is 2.30. The zero-order valence-corrected chi connectivity index (χ0v) is 11.8. The highest BCUT2D eigenvalue weighted by molar-refractivity contribution is 6.31. The maximum atomic E-state index is 12.3. The van der Waals surface area contributed by atoms with Crippen LogP contribution >= 0.6 is 11.6 Å². The Bertz CT molecular complexity index is 925. The van der Waals surface area contributed by atoms with Crippen LogP contribution in [0.15, 0.2) is 46.1 Å². The van der Waals surface area contributed by atoms with Gasteiger partial charge in [-0.3, -0.25) is 9.36 Å². The zero-order chi connectivity index (χ0) is 15.0. The quantitative estimate of drug-likeness (QED) is 0.756. The Morgan fingerprint density at radius 1 is 1.24 bits per heavy atom. The molecule has 7 heteroatoms. The van der Waals surface area contributed by atoms with E-state index in [2.05, 4.69) is 15.3 Å². The van der Waals surface area contributed by atoms with Crippen LogP contribution in [0.2, 0.25) is 5.02 Å². The molecule has 2 N–H and O–H groups in total. The molecule has 2 heterocycles. The van der Waals surface area contributed by atoms with Crippen LogP contribution in [-0.4, -0.2) is 21.6 Å². The Kier molecular flexibility index (Phi) is 3.23. The largest absolute Gasteiger partial charge is 0.372 e. The first-order chi connectivity index (χ1) is 10.1. The van der Waals surface area contributed by atoms with E-state index >= 15 is 0 Å². The number of nitrogens with zero attached hydrogens (tertiary/aromatic N) is 2. The number of rotatable bonds is 2. The first kappa shape index (κ1) is 13.4. The van der Waals surface area contributed by atoms with Gasteiger partial charge >= 0.3 is 5.69 Å². The highest BCUT2D eigenvalue weighted by Gasteiger charge is 2.11. The lowest BCUT2D eigenvalue weighted by Crippen LogP contribution is -2.23. The Hall–Kier alpha value is -2.60. The minimum atomic E-state index is -0.457. The summed E-state index contributed by atoms with van der Waals surface area (Å²) in [6, 6.07) is 8.11. The van der Waals surface area contributed by atoms with Gasteiger partial charge in [0, 0.05) is 29.7 Å². The highest BCUT2D eigenvalue weighted by Crippen LogP contribution is 2.24. The second kappa shape index (κ2) is 5.06. The molecule has 0 fully saturated rings. The predicted molar refractivity (Wildman–Crippen MR) is 82.5 cm³/mol. The fraction of sp³-hybridized carbons (Fsp3) is 0.0714. The summed E-state index contributed by atoms with van der Waals surface area (Å²) < 4.78 is 1.40. The van der Waals surface area contributed by atoms with Crippen LogP contribution in [0.25, 0.3) is 16.6 Å². The van der Waals surface area contributed by atoms with E-state index in [1.54, 1.807) is 31.3 Å². The summed E-state index contributed by atoms with van der Waals surface area (Å²) in [5.41, 5.74) is 0.427. The minimum absolute atomic E-state index is 0.242. The molecule has 0 aliphatic heterocycles. The molecule has 0 aliphatic rings. The van der Waals surface area contributed by atoms with E-state index < -0.39 is 5.69 Å². The molecule has 0 spiro atoms. The summed E-state index contributed by atoms with van der Waals surface area (Å²) >= 11 is 6.04. The number of aromatic amines is 1. The SMILES string of the molecule is CNc1nc(=O)n(-c2ccc(=O)[nH]c2)c2cc(Cl)ccc12. The Labute approximate surface area is 124 Å². The molecule has 0 unspecified atom stereocenters. The smallest absolute Gasteiger partial charge is 0.354 e. The van der Waals surface area contributed by atoms with E-state index in [1.165, 1.54) is 16.8 Å². The molecule has 0 atom stereocenters. The number of benzene rings is 1. The number of halogens is 1. The van der Waals surface area contributed by atoms with Crippen LogP contribution in [0.5, 0.6) is 0 Å². The first-order valence-corrected chi connectivity index (χ1v) is 6.57. The Balaban J connectivity index is 2.44. The molecule has 0 aliphatic carbocycles. The van der Waals surface area contributed by atoms with Gasteiger partial charge in [-0.2, -0.15) is 4.98 Å². The van der Waals surface area contributed by atoms with Crippen molar-refractivity contribution < 1.29 is 0 Å². The minimum Gasteiger partial charge on any atom is -0.372 e. The van der Waals surface area contributed by atoms with Gasteiger partial charge in [-0.1, -0.05) is 11.6 Å². The zero-order valence-electron chi connectivity index (χ0n) is 11.1. The lowest BCUT2D eigenvalue weighted by Gasteiger charge is -2.12. The average molecular weight is 303 g/mol. The molecule has 3 aromatic rings. The molecular formula is C14H11ClN4O2. The molecule has 3 rings (SSSR count). The van der Waals surface area contributed by atoms with E-state index in [0.29, 0.717) is 22.0 Å². The molecule has 0 amide bonds. The second-order valence-electron chi connectivity index (χ2n) is 4.40. The topological polar surface area (TPSA) is 79.8 Å². The maximum absolute atomic E-state index is 12.3. The van der Waals surface area contributed by atoms with Crippen LogP contribution in [0.4, 0.5) is 5.82 Å². The predicted octanol–water partition coefficient (Wildman–Crippen LogP) is 1.77. The van der Waals surface area contributed by atoms with Crippen molar-refractivity contribution in [3.05, 3.63) is 62.4 Å². The van der Waals surface area contributed by atoms with Crippen molar-refractivity contribution in [2.45, 2.75) is 0 Å². The summed E-state index contributed by atoms with van der Waals surface area (Å²) in [5, 5.41) is 4.16. The summed E-state index contributed by atoms with van der Waals surface area (Å²) in [5.74, 6) is 0.479. The Morgan fingerprint density at radius 3 is 2.71 bits per heavy atom. The van der Waals surface area contributed by atoms with Crippen LogP contribution < -0.4 is 16.6 Å². The van der Waals surface area contributed by atoms with Gasteiger partial charge in [-0.25, -0.2) is 4.79 Å². The summed E-state index contributed by atoms with van der Waals surface area (Å²) in [7, 11) is 1.69. The molecule has 0 radical (unpaired) electrons. The third-order valence-corrected chi connectivity index (χ3v) is 3.35. The van der Waals surface area contributed by atoms with Crippen molar-refractivity contribution in [3.63, 3.8) is 0 Å². The second-order valence-corrected chi connectivity index (χ2v) is 4.84. The molecule has 0 saturated carbocycles. The Morgan fingerprint density at radius 2 is 2.05 bits per heavy atom. The standard InChI is InChI=1S/C14H11ClN4O2/c1-16-13-10-4-2-8(15)6-11(10)19(14(21)18-13)9-3-5-12(20)17-7-9/h2-7H,1H3,(H,17,20)(H,16,18,21). The van der Waals surface area contributed by atoms with Crippen molar-refractivity contribution in [2.75, 3.05) is 12.4 Å². The molecule has 0 bridgehead atoms. The van der Waals surface area contributed by atoms with Crippen LogP contribution in [0, 0.1) is 0 Å². The van der Waals surface area contributed by atoms with E-state index in [1.807, 2.05) is 0 Å². The van der Waals surface area contributed by atoms with E-state index in [0.717, 1.165) is 5.39 Å². The van der Waals surface area contributed by atoms with Gasteiger partial charge in [0.25, 0.3) is 0 Å². The molecule has 0 saturated heterocycles. The van der Waals surface area contributed by atoms with Gasteiger partial charge in [-0.05, 0) is 24.3 Å². The number of anilines is 1. The van der Waals surface area contributed by atoms with E-state index in [9.17, 15) is 9.59 Å². The van der Waals surface area contributed by atoms with E-state index in [-0.39, 0.29) is 5.56 Å². The first-order valence-electron chi connectivity index (χ1n) is 6.19. The lowest BCUT2D eigenvalue weighted by molar-refractivity contribution is 0.950. The van der Waals surface area contributed by atoms with Crippen LogP contribution in [0.3, 0.4) is 0 Å². The number of H-pyrrole nitrogens is 1. The van der Waals surface area contributed by atoms with Crippen LogP contribution in [-0.2, 0) is 0 Å². The van der Waals surface area contributed by atoms with Gasteiger partial charge in [0.05, 0.1) is 11.2 Å². The van der Waals surface area contributed by atoms with Gasteiger partial charge in [0.1, 0.15) is 5.82 Å². The van der Waals surface area contributed by atoms with E-state index in [4.69, 9.17) is 11.6 Å². The molecule has 106 valence electrons. The fourth-order valence-corrected chi connectivity index (χ4v) is 2.35.